The van der Waals surface area contributed by atoms with Crippen molar-refractivity contribution < 1.29 is 14.7 Å². The highest BCUT2D eigenvalue weighted by Gasteiger charge is 2.45. The molecule has 1 atom stereocenters. The number of urea groups is 1. The lowest BCUT2D eigenvalue weighted by molar-refractivity contribution is -0.134. The molecule has 1 aliphatic carbocycles. The molecule has 2 aliphatic rings. The van der Waals surface area contributed by atoms with Gasteiger partial charge in [-0.2, -0.15) is 0 Å². The smallest absolute Gasteiger partial charge is 0.317 e. The molecule has 0 radical (unpaired) electrons. The maximum Gasteiger partial charge on any atom is 0.317 e. The largest absolute Gasteiger partial charge is 0.481 e. The van der Waals surface area contributed by atoms with Gasteiger partial charge in [-0.3, -0.25) is 4.79 Å². The van der Waals surface area contributed by atoms with Gasteiger partial charge in [-0.05, 0) is 43.4 Å². The number of carbonyl (C=O) groups excluding carboxylic acids is 1. The van der Waals surface area contributed by atoms with Crippen LogP contribution in [0.4, 0.5) is 4.79 Å². The molecule has 6 nitrogen and oxygen atoms in total. The van der Waals surface area contributed by atoms with E-state index in [2.05, 4.69) is 5.32 Å². The highest BCUT2D eigenvalue weighted by Crippen LogP contribution is 2.39. The van der Waals surface area contributed by atoms with Crippen molar-refractivity contribution in [2.24, 2.45) is 5.73 Å². The molecule has 3 rings (SSSR count). The Balaban J connectivity index is 0.000000471. The highest BCUT2D eigenvalue weighted by atomic mass is 35.5. The number of carboxylic acids is 1. The van der Waals surface area contributed by atoms with Crippen LogP contribution in [0.5, 0.6) is 0 Å². The number of carbonyl (C=O) groups is 2. The number of rotatable bonds is 3. The molecule has 1 aromatic carbocycles. The lowest BCUT2D eigenvalue weighted by Gasteiger charge is -2.23. The Hall–Kier alpha value is -1.79. The third-order valence-corrected chi connectivity index (χ3v) is 4.45. The van der Waals surface area contributed by atoms with Gasteiger partial charge in [-0.1, -0.05) is 23.7 Å². The van der Waals surface area contributed by atoms with Crippen molar-refractivity contribution in [1.82, 2.24) is 10.2 Å². The van der Waals surface area contributed by atoms with Crippen LogP contribution < -0.4 is 11.1 Å². The predicted octanol–water partition coefficient (Wildman–Crippen LogP) is 2.25. The molecule has 0 spiro atoms. The summed E-state index contributed by atoms with van der Waals surface area (Å²) in [5, 5.41) is 11.4. The first-order valence-corrected chi connectivity index (χ1v) is 8.44. The van der Waals surface area contributed by atoms with Crippen molar-refractivity contribution in [3.63, 3.8) is 0 Å². The van der Waals surface area contributed by atoms with E-state index in [-0.39, 0.29) is 17.6 Å². The molecule has 0 bridgehead atoms. The molecule has 1 saturated carbocycles. The lowest BCUT2D eigenvalue weighted by Crippen LogP contribution is -2.46. The zero-order valence-corrected chi connectivity index (χ0v) is 14.6. The van der Waals surface area contributed by atoms with Gasteiger partial charge in [0.25, 0.3) is 5.97 Å². The Bertz CT molecular complexity index is 583. The summed E-state index contributed by atoms with van der Waals surface area (Å²) in [6.45, 7) is 2.52. The summed E-state index contributed by atoms with van der Waals surface area (Å²) in [5.74, 6) is -0.833. The fourth-order valence-electron chi connectivity index (χ4n) is 2.77. The maximum absolute atomic E-state index is 12.2. The number of nitrogens with zero attached hydrogens (tertiary/aromatic N) is 1. The molecule has 1 heterocycles. The topological polar surface area (TPSA) is 95.7 Å². The van der Waals surface area contributed by atoms with Crippen molar-refractivity contribution in [2.45, 2.75) is 44.2 Å². The van der Waals surface area contributed by atoms with Gasteiger partial charge in [0.15, 0.2) is 0 Å². The first-order chi connectivity index (χ1) is 11.3. The van der Waals surface area contributed by atoms with Crippen LogP contribution in [0.25, 0.3) is 0 Å². The molecule has 132 valence electrons. The second-order valence-electron chi connectivity index (χ2n) is 6.53. The molecule has 2 amide bonds. The minimum atomic E-state index is -0.833. The molecule has 7 heteroatoms. The number of aliphatic carboxylic acids is 1. The first-order valence-electron chi connectivity index (χ1n) is 8.06. The van der Waals surface area contributed by atoms with Crippen LogP contribution >= 0.6 is 11.6 Å². The van der Waals surface area contributed by atoms with Gasteiger partial charge in [-0.25, -0.2) is 4.79 Å². The van der Waals surface area contributed by atoms with Gasteiger partial charge in [0, 0.05) is 36.6 Å². The Morgan fingerprint density at radius 1 is 1.38 bits per heavy atom. The van der Waals surface area contributed by atoms with Crippen molar-refractivity contribution in [3.8, 4) is 0 Å². The number of hydrogen-bond acceptors (Lipinski definition) is 3. The van der Waals surface area contributed by atoms with Crippen molar-refractivity contribution in [1.29, 1.82) is 0 Å². The average molecular weight is 354 g/mol. The summed E-state index contributed by atoms with van der Waals surface area (Å²) in [4.78, 5) is 23.1. The van der Waals surface area contributed by atoms with E-state index in [1.54, 1.807) is 0 Å². The molecule has 1 unspecified atom stereocenters. The maximum atomic E-state index is 12.2. The molecular weight excluding hydrogens is 330 g/mol. The highest BCUT2D eigenvalue weighted by molar-refractivity contribution is 6.30. The zero-order chi connectivity index (χ0) is 17.7. The van der Waals surface area contributed by atoms with Crippen LogP contribution in [-0.2, 0) is 11.2 Å². The van der Waals surface area contributed by atoms with E-state index in [0.29, 0.717) is 6.54 Å². The summed E-state index contributed by atoms with van der Waals surface area (Å²) >= 11 is 5.89. The van der Waals surface area contributed by atoms with E-state index in [1.807, 2.05) is 29.2 Å². The van der Waals surface area contributed by atoms with E-state index >= 15 is 0 Å². The van der Waals surface area contributed by atoms with Crippen molar-refractivity contribution >= 4 is 23.6 Å². The normalized spacial score (nSPS) is 20.8. The molecule has 2 fully saturated rings. The summed E-state index contributed by atoms with van der Waals surface area (Å²) in [5.41, 5.74) is 7.00. The second kappa shape index (κ2) is 7.85. The molecule has 4 N–H and O–H groups in total. The number of halogens is 1. The minimum Gasteiger partial charge on any atom is -0.481 e. The number of amides is 2. The fraction of sp³-hybridized carbons (Fsp3) is 0.529. The summed E-state index contributed by atoms with van der Waals surface area (Å²) in [6.07, 6.45) is 3.86. The van der Waals surface area contributed by atoms with Crippen LogP contribution in [-0.4, -0.2) is 46.7 Å². The monoisotopic (exact) mass is 353 g/mol. The Kier molecular flexibility index (Phi) is 6.07. The Morgan fingerprint density at radius 2 is 1.96 bits per heavy atom. The van der Waals surface area contributed by atoms with Crippen LogP contribution in [0.3, 0.4) is 0 Å². The quantitative estimate of drug-likeness (QED) is 0.776. The number of carboxylic acid groups (broad SMARTS) is 1. The number of nitrogens with one attached hydrogen (secondary N) is 1. The second-order valence-corrected chi connectivity index (χ2v) is 6.96. The number of nitrogens with two attached hydrogens (primary N) is 1. The fourth-order valence-corrected chi connectivity index (χ4v) is 2.89. The van der Waals surface area contributed by atoms with Crippen molar-refractivity contribution in [2.75, 3.05) is 13.1 Å². The molecule has 1 aromatic rings. The number of benzene rings is 1. The van der Waals surface area contributed by atoms with Gasteiger partial charge in [-0.15, -0.1) is 0 Å². The molecule has 0 aromatic heterocycles. The third kappa shape index (κ3) is 5.69. The van der Waals surface area contributed by atoms with Crippen molar-refractivity contribution in [3.05, 3.63) is 34.9 Å². The van der Waals surface area contributed by atoms with Crippen LogP contribution in [0.1, 0.15) is 31.7 Å². The van der Waals surface area contributed by atoms with Gasteiger partial charge in [0.2, 0.25) is 0 Å². The summed E-state index contributed by atoms with van der Waals surface area (Å²) in [7, 11) is 0. The van der Waals surface area contributed by atoms with Crippen LogP contribution in [0, 0.1) is 0 Å². The predicted molar refractivity (Wildman–Crippen MR) is 93.1 cm³/mol. The molecule has 24 heavy (non-hydrogen) atoms. The molecule has 1 aliphatic heterocycles. The average Bonchev–Trinajstić information content (AvgIpc) is 3.09. The standard InChI is InChI=1S/C15H20ClN3O.C2H4O2/c16-12-3-1-11(2-4-12)9-15(6-7-15)18-14(20)19-8-5-13(17)10-19;1-2(3)4/h1-4,13H,5-10,17H2,(H,18,20);1H3,(H,3,4). The summed E-state index contributed by atoms with van der Waals surface area (Å²) < 4.78 is 0. The van der Waals surface area contributed by atoms with E-state index in [4.69, 9.17) is 27.2 Å². The summed E-state index contributed by atoms with van der Waals surface area (Å²) in [6, 6.07) is 8.01. The van der Waals surface area contributed by atoms with E-state index in [0.717, 1.165) is 44.2 Å². The van der Waals surface area contributed by atoms with E-state index in [9.17, 15) is 4.79 Å². The Morgan fingerprint density at radius 3 is 2.42 bits per heavy atom. The van der Waals surface area contributed by atoms with Gasteiger partial charge in [0.05, 0.1) is 0 Å². The van der Waals surface area contributed by atoms with Crippen LogP contribution in [0.2, 0.25) is 5.02 Å². The number of hydrogen-bond donors (Lipinski definition) is 3. The number of likely N-dealkylation sites (tertiary alicyclic amines) is 1. The van der Waals surface area contributed by atoms with E-state index < -0.39 is 5.97 Å². The molecule has 1 saturated heterocycles. The first kappa shape index (κ1) is 18.5. The van der Waals surface area contributed by atoms with E-state index in [1.165, 1.54) is 5.56 Å². The van der Waals surface area contributed by atoms with Crippen LogP contribution in [0.15, 0.2) is 24.3 Å². The molecular formula is C17H24ClN3O3. The SMILES string of the molecule is CC(=O)O.NC1CCN(C(=O)NC2(Cc3ccc(Cl)cc3)CC2)C1. The van der Waals surface area contributed by atoms with Gasteiger partial charge in [0.1, 0.15) is 0 Å². The van der Waals surface area contributed by atoms with Gasteiger partial charge < -0.3 is 21.1 Å². The lowest BCUT2D eigenvalue weighted by atomic mass is 10.0. The third-order valence-electron chi connectivity index (χ3n) is 4.19. The zero-order valence-electron chi connectivity index (χ0n) is 13.8. The Labute approximate surface area is 147 Å². The minimum absolute atomic E-state index is 0.0319. The van der Waals surface area contributed by atoms with Gasteiger partial charge >= 0.3 is 6.03 Å².